The summed E-state index contributed by atoms with van der Waals surface area (Å²) in [6.45, 7) is 0.936. The molecule has 0 saturated carbocycles. The van der Waals surface area contributed by atoms with Crippen LogP contribution in [0.5, 0.6) is 0 Å². The molecule has 3 rings (SSSR count). The molecule has 0 fully saturated rings. The summed E-state index contributed by atoms with van der Waals surface area (Å²) in [5.41, 5.74) is 2.00. The van der Waals surface area contributed by atoms with Gasteiger partial charge < -0.3 is 10.6 Å². The maximum atomic E-state index is 14.6. The second-order valence-electron chi connectivity index (χ2n) is 5.47. The molecule has 1 aliphatic rings. The summed E-state index contributed by atoms with van der Waals surface area (Å²) in [5.74, 6) is -0.567. The molecule has 110 valence electrons. The second-order valence-corrected chi connectivity index (χ2v) is 5.47. The van der Waals surface area contributed by atoms with E-state index in [-0.39, 0.29) is 11.6 Å². The lowest BCUT2D eigenvalue weighted by molar-refractivity contribution is 0.431. The van der Waals surface area contributed by atoms with Crippen LogP contribution in [0.25, 0.3) is 11.1 Å². The van der Waals surface area contributed by atoms with Crippen LogP contribution in [0.1, 0.15) is 11.1 Å². The zero-order chi connectivity index (χ0) is 15.0. The fourth-order valence-electron chi connectivity index (χ4n) is 3.61. The van der Waals surface area contributed by atoms with Crippen molar-refractivity contribution >= 4 is 0 Å². The van der Waals surface area contributed by atoms with Crippen LogP contribution in [-0.2, 0) is 5.41 Å². The molecule has 2 aromatic carbocycles. The Kier molecular flexibility index (Phi) is 3.51. The average Bonchev–Trinajstić information content (AvgIpc) is 2.73. The SMILES string of the molecule is CNCC1(CNC)c2c(F)cccc2-c2cccc(F)c21. The Morgan fingerprint density at radius 1 is 0.810 bits per heavy atom. The molecule has 0 spiro atoms. The minimum atomic E-state index is -0.731. The number of hydrogen-bond acceptors (Lipinski definition) is 2. The molecule has 0 aromatic heterocycles. The number of halogens is 2. The predicted octanol–water partition coefficient (Wildman–Crippen LogP) is 2.67. The predicted molar refractivity (Wildman–Crippen MR) is 80.4 cm³/mol. The van der Waals surface area contributed by atoms with E-state index in [1.807, 2.05) is 12.1 Å². The van der Waals surface area contributed by atoms with Gasteiger partial charge >= 0.3 is 0 Å². The topological polar surface area (TPSA) is 24.1 Å². The van der Waals surface area contributed by atoms with E-state index in [0.29, 0.717) is 24.2 Å². The van der Waals surface area contributed by atoms with Gasteiger partial charge in [0, 0.05) is 24.2 Å². The Labute approximate surface area is 123 Å². The van der Waals surface area contributed by atoms with E-state index in [0.717, 1.165) is 11.1 Å². The maximum absolute atomic E-state index is 14.6. The van der Waals surface area contributed by atoms with Crippen LogP contribution in [0.3, 0.4) is 0 Å². The highest BCUT2D eigenvalue weighted by atomic mass is 19.1. The van der Waals surface area contributed by atoms with E-state index in [4.69, 9.17) is 0 Å². The first-order chi connectivity index (χ1) is 10.2. The molecule has 1 aliphatic carbocycles. The highest BCUT2D eigenvalue weighted by Gasteiger charge is 2.46. The van der Waals surface area contributed by atoms with Crippen molar-refractivity contribution in [2.75, 3.05) is 27.2 Å². The molecule has 2 aromatic rings. The third kappa shape index (κ3) is 1.90. The lowest BCUT2D eigenvalue weighted by atomic mass is 9.77. The zero-order valence-electron chi connectivity index (χ0n) is 12.1. The first kappa shape index (κ1) is 14.2. The fraction of sp³-hybridized carbons (Fsp3) is 0.294. The molecule has 0 unspecified atom stereocenters. The van der Waals surface area contributed by atoms with Crippen molar-refractivity contribution in [3.8, 4) is 11.1 Å². The normalized spacial score (nSPS) is 14.9. The summed E-state index contributed by atoms with van der Waals surface area (Å²) in [6.07, 6.45) is 0. The largest absolute Gasteiger partial charge is 0.318 e. The van der Waals surface area contributed by atoms with E-state index in [9.17, 15) is 8.78 Å². The van der Waals surface area contributed by atoms with Gasteiger partial charge in [0.2, 0.25) is 0 Å². The maximum Gasteiger partial charge on any atom is 0.128 e. The van der Waals surface area contributed by atoms with E-state index in [1.165, 1.54) is 12.1 Å². The van der Waals surface area contributed by atoms with Crippen LogP contribution in [0.4, 0.5) is 8.78 Å². The number of nitrogens with one attached hydrogen (secondary N) is 2. The van der Waals surface area contributed by atoms with Gasteiger partial charge in [-0.3, -0.25) is 0 Å². The van der Waals surface area contributed by atoms with Crippen molar-refractivity contribution in [3.63, 3.8) is 0 Å². The average molecular weight is 288 g/mol. The second kappa shape index (κ2) is 5.20. The molecular formula is C17H18F2N2. The molecule has 0 atom stereocenters. The molecule has 0 bridgehead atoms. The Balaban J connectivity index is 2.39. The summed E-state index contributed by atoms with van der Waals surface area (Å²) in [5, 5.41) is 6.20. The monoisotopic (exact) mass is 288 g/mol. The minimum Gasteiger partial charge on any atom is -0.318 e. The third-order valence-electron chi connectivity index (χ3n) is 4.23. The molecular weight excluding hydrogens is 270 g/mol. The quantitative estimate of drug-likeness (QED) is 0.904. The highest BCUT2D eigenvalue weighted by molar-refractivity contribution is 5.81. The summed E-state index contributed by atoms with van der Waals surface area (Å²) in [6, 6.07) is 9.98. The number of likely N-dealkylation sites (N-methyl/N-ethyl adjacent to an activating group) is 2. The van der Waals surface area contributed by atoms with Crippen molar-refractivity contribution in [1.82, 2.24) is 10.6 Å². The Morgan fingerprint density at radius 3 is 1.62 bits per heavy atom. The van der Waals surface area contributed by atoms with Crippen LogP contribution in [0.15, 0.2) is 36.4 Å². The summed E-state index contributed by atoms with van der Waals surface area (Å²) in [7, 11) is 3.60. The van der Waals surface area contributed by atoms with Gasteiger partial charge in [-0.1, -0.05) is 24.3 Å². The fourth-order valence-corrected chi connectivity index (χ4v) is 3.61. The van der Waals surface area contributed by atoms with Crippen molar-refractivity contribution in [2.45, 2.75) is 5.41 Å². The molecule has 2 nitrogen and oxygen atoms in total. The minimum absolute atomic E-state index is 0.284. The highest BCUT2D eigenvalue weighted by Crippen LogP contribution is 2.50. The van der Waals surface area contributed by atoms with Crippen molar-refractivity contribution < 1.29 is 8.78 Å². The van der Waals surface area contributed by atoms with E-state index >= 15 is 0 Å². The van der Waals surface area contributed by atoms with Crippen molar-refractivity contribution in [3.05, 3.63) is 59.2 Å². The number of benzene rings is 2. The van der Waals surface area contributed by atoms with E-state index < -0.39 is 5.41 Å². The number of fused-ring (bicyclic) bond motifs is 3. The van der Waals surface area contributed by atoms with Gasteiger partial charge in [-0.15, -0.1) is 0 Å². The van der Waals surface area contributed by atoms with Crippen LogP contribution in [-0.4, -0.2) is 27.2 Å². The van der Waals surface area contributed by atoms with Gasteiger partial charge in [0.25, 0.3) is 0 Å². The molecule has 0 saturated heterocycles. The van der Waals surface area contributed by atoms with Crippen molar-refractivity contribution in [1.29, 1.82) is 0 Å². The van der Waals surface area contributed by atoms with Gasteiger partial charge in [0.15, 0.2) is 0 Å². The summed E-state index contributed by atoms with van der Waals surface area (Å²) >= 11 is 0. The molecule has 0 amide bonds. The number of hydrogen-bond donors (Lipinski definition) is 2. The molecule has 21 heavy (non-hydrogen) atoms. The Bertz CT molecular complexity index is 623. The van der Waals surface area contributed by atoms with Gasteiger partial charge in [0.1, 0.15) is 11.6 Å². The smallest absolute Gasteiger partial charge is 0.128 e. The van der Waals surface area contributed by atoms with Gasteiger partial charge in [-0.05, 0) is 37.4 Å². The van der Waals surface area contributed by atoms with Crippen molar-refractivity contribution in [2.24, 2.45) is 0 Å². The Morgan fingerprint density at radius 2 is 1.24 bits per heavy atom. The van der Waals surface area contributed by atoms with Crippen LogP contribution >= 0.6 is 0 Å². The van der Waals surface area contributed by atoms with Crippen LogP contribution in [0, 0.1) is 11.6 Å². The van der Waals surface area contributed by atoms with Crippen LogP contribution in [0.2, 0.25) is 0 Å². The molecule has 0 heterocycles. The lowest BCUT2D eigenvalue weighted by Crippen LogP contribution is -2.45. The van der Waals surface area contributed by atoms with E-state index in [2.05, 4.69) is 10.6 Å². The molecule has 4 heteroatoms. The third-order valence-corrected chi connectivity index (χ3v) is 4.23. The summed E-state index contributed by atoms with van der Waals surface area (Å²) < 4.78 is 29.1. The lowest BCUT2D eigenvalue weighted by Gasteiger charge is -2.32. The molecule has 0 radical (unpaired) electrons. The van der Waals surface area contributed by atoms with Gasteiger partial charge in [0.05, 0.1) is 5.41 Å². The standard InChI is InChI=1S/C17H18F2N2/c1-20-9-17(10-21-2)15-11(5-3-7-13(15)18)12-6-4-8-14(19)16(12)17/h3-8,20-21H,9-10H2,1-2H3. The van der Waals surface area contributed by atoms with Gasteiger partial charge in [-0.2, -0.15) is 0 Å². The van der Waals surface area contributed by atoms with Crippen LogP contribution < -0.4 is 10.6 Å². The summed E-state index contributed by atoms with van der Waals surface area (Å²) in [4.78, 5) is 0. The zero-order valence-corrected chi connectivity index (χ0v) is 12.1. The first-order valence-corrected chi connectivity index (χ1v) is 7.03. The Hall–Kier alpha value is -1.78. The van der Waals surface area contributed by atoms with E-state index in [1.54, 1.807) is 26.2 Å². The number of rotatable bonds is 4. The molecule has 0 aliphatic heterocycles. The molecule has 2 N–H and O–H groups in total. The first-order valence-electron chi connectivity index (χ1n) is 7.03. The van der Waals surface area contributed by atoms with Gasteiger partial charge in [-0.25, -0.2) is 8.78 Å².